The zero-order chi connectivity index (χ0) is 13.4. The molecular weight excluding hydrogens is 234 g/mol. The van der Waals surface area contributed by atoms with Crippen LogP contribution in [0.15, 0.2) is 0 Å². The average molecular weight is 257 g/mol. The van der Waals surface area contributed by atoms with Crippen LogP contribution in [0.3, 0.4) is 0 Å². The van der Waals surface area contributed by atoms with Crippen molar-refractivity contribution < 1.29 is 19.4 Å². The lowest BCUT2D eigenvalue weighted by molar-refractivity contribution is -0.148. The van der Waals surface area contributed by atoms with E-state index in [1.54, 1.807) is 0 Å². The summed E-state index contributed by atoms with van der Waals surface area (Å²) >= 11 is 0. The third kappa shape index (κ3) is 5.49. The molecule has 0 aromatic heterocycles. The maximum atomic E-state index is 11.7. The highest BCUT2D eigenvalue weighted by molar-refractivity contribution is 5.78. The van der Waals surface area contributed by atoms with Gasteiger partial charge >= 0.3 is 5.97 Å². The van der Waals surface area contributed by atoms with E-state index in [2.05, 4.69) is 5.32 Å². The summed E-state index contributed by atoms with van der Waals surface area (Å²) in [4.78, 5) is 22.4. The number of aliphatic carboxylic acids is 1. The fourth-order valence-corrected chi connectivity index (χ4v) is 2.38. The third-order valence-electron chi connectivity index (χ3n) is 3.49. The first-order chi connectivity index (χ1) is 8.63. The number of methoxy groups -OCH3 is 1. The molecule has 0 spiro atoms. The van der Waals surface area contributed by atoms with Gasteiger partial charge in [-0.3, -0.25) is 4.79 Å². The van der Waals surface area contributed by atoms with E-state index < -0.39 is 12.1 Å². The van der Waals surface area contributed by atoms with E-state index in [9.17, 15) is 9.59 Å². The Hall–Kier alpha value is -1.10. The number of amides is 1. The number of carboxylic acids is 1. The molecule has 0 saturated heterocycles. The lowest BCUT2D eigenvalue weighted by Gasteiger charge is -2.15. The molecule has 0 aromatic rings. The Labute approximate surface area is 108 Å². The van der Waals surface area contributed by atoms with Crippen molar-refractivity contribution in [2.45, 2.75) is 51.0 Å². The van der Waals surface area contributed by atoms with E-state index in [0.717, 1.165) is 12.8 Å². The van der Waals surface area contributed by atoms with Crippen LogP contribution in [0.1, 0.15) is 44.9 Å². The molecule has 0 radical (unpaired) electrons. The molecule has 1 fully saturated rings. The maximum Gasteiger partial charge on any atom is 0.334 e. The zero-order valence-corrected chi connectivity index (χ0v) is 11.0. The van der Waals surface area contributed by atoms with Crippen molar-refractivity contribution in [3.05, 3.63) is 0 Å². The van der Waals surface area contributed by atoms with Crippen molar-refractivity contribution in [2.75, 3.05) is 13.7 Å². The summed E-state index contributed by atoms with van der Waals surface area (Å²) in [7, 11) is 1.33. The predicted molar refractivity (Wildman–Crippen MR) is 67.3 cm³/mol. The summed E-state index contributed by atoms with van der Waals surface area (Å²) in [6.45, 7) is 0.0391. The van der Waals surface area contributed by atoms with Gasteiger partial charge in [-0.05, 0) is 18.8 Å². The molecule has 1 aliphatic rings. The summed E-state index contributed by atoms with van der Waals surface area (Å²) in [5, 5.41) is 11.4. The van der Waals surface area contributed by atoms with E-state index >= 15 is 0 Å². The first-order valence-corrected chi connectivity index (χ1v) is 6.65. The van der Waals surface area contributed by atoms with Gasteiger partial charge in [0, 0.05) is 13.5 Å². The van der Waals surface area contributed by atoms with Gasteiger partial charge < -0.3 is 15.2 Å². The number of nitrogens with one attached hydrogen (secondary N) is 1. The number of hydrogen-bond acceptors (Lipinski definition) is 3. The van der Waals surface area contributed by atoms with Crippen LogP contribution in [0.4, 0.5) is 0 Å². The number of carbonyl (C=O) groups is 2. The van der Waals surface area contributed by atoms with E-state index in [4.69, 9.17) is 9.84 Å². The van der Waals surface area contributed by atoms with Gasteiger partial charge in [-0.25, -0.2) is 4.79 Å². The van der Waals surface area contributed by atoms with Gasteiger partial charge in [-0.15, -0.1) is 0 Å². The number of hydrogen-bond donors (Lipinski definition) is 2. The Kier molecular flexibility index (Phi) is 6.72. The second kappa shape index (κ2) is 8.08. The molecule has 0 bridgehead atoms. The molecule has 5 heteroatoms. The van der Waals surface area contributed by atoms with Crippen LogP contribution in [0.5, 0.6) is 0 Å². The molecule has 18 heavy (non-hydrogen) atoms. The number of ether oxygens (including phenoxy) is 1. The summed E-state index contributed by atoms with van der Waals surface area (Å²) < 4.78 is 4.76. The van der Waals surface area contributed by atoms with Crippen LogP contribution >= 0.6 is 0 Å². The third-order valence-corrected chi connectivity index (χ3v) is 3.49. The molecule has 0 aromatic carbocycles. The lowest BCUT2D eigenvalue weighted by atomic mass is 9.96. The second-order valence-corrected chi connectivity index (χ2v) is 4.93. The number of carbonyl (C=O) groups excluding carboxylic acids is 1. The fourth-order valence-electron chi connectivity index (χ4n) is 2.38. The molecule has 1 saturated carbocycles. The molecule has 1 unspecified atom stereocenters. The molecule has 0 aliphatic heterocycles. The molecule has 1 rings (SSSR count). The van der Waals surface area contributed by atoms with Crippen LogP contribution in [-0.2, 0) is 14.3 Å². The first-order valence-electron chi connectivity index (χ1n) is 6.65. The van der Waals surface area contributed by atoms with E-state index in [1.807, 2.05) is 0 Å². The Morgan fingerprint density at radius 2 is 1.89 bits per heavy atom. The summed E-state index contributed by atoms with van der Waals surface area (Å²) in [6, 6.07) is 0. The van der Waals surface area contributed by atoms with Crippen molar-refractivity contribution in [2.24, 2.45) is 5.92 Å². The van der Waals surface area contributed by atoms with Gasteiger partial charge in [0.05, 0.1) is 6.54 Å². The van der Waals surface area contributed by atoms with Crippen molar-refractivity contribution >= 4 is 11.9 Å². The Balaban J connectivity index is 2.25. The number of carboxylic acid groups (broad SMARTS) is 1. The monoisotopic (exact) mass is 257 g/mol. The maximum absolute atomic E-state index is 11.7. The summed E-state index contributed by atoms with van der Waals surface area (Å²) in [5.41, 5.74) is 0. The molecule has 0 heterocycles. The van der Waals surface area contributed by atoms with E-state index in [1.165, 1.54) is 32.8 Å². The van der Waals surface area contributed by atoms with Crippen LogP contribution in [0, 0.1) is 5.92 Å². The lowest BCUT2D eigenvalue weighted by Crippen LogP contribution is -2.38. The average Bonchev–Trinajstić information content (AvgIpc) is 2.58. The van der Waals surface area contributed by atoms with E-state index in [0.29, 0.717) is 12.3 Å². The second-order valence-electron chi connectivity index (χ2n) is 4.93. The van der Waals surface area contributed by atoms with Gasteiger partial charge in [-0.1, -0.05) is 25.7 Å². The molecule has 1 atom stereocenters. The summed E-state index contributed by atoms with van der Waals surface area (Å²) in [5.74, 6) is -0.657. The normalized spacial score (nSPS) is 18.9. The van der Waals surface area contributed by atoms with Gasteiger partial charge in [-0.2, -0.15) is 0 Å². The van der Waals surface area contributed by atoms with Crippen LogP contribution in [0.25, 0.3) is 0 Å². The standard InChI is InChI=1S/C13H23NO4/c1-18-11(13(16)17)9-14-12(15)8-10-6-4-2-3-5-7-10/h10-11H,2-9H2,1H3,(H,14,15)(H,16,17). The van der Waals surface area contributed by atoms with Gasteiger partial charge in [0.15, 0.2) is 6.10 Å². The zero-order valence-electron chi connectivity index (χ0n) is 11.0. The topological polar surface area (TPSA) is 75.6 Å². The largest absolute Gasteiger partial charge is 0.479 e. The molecular formula is C13H23NO4. The highest BCUT2D eigenvalue weighted by atomic mass is 16.5. The van der Waals surface area contributed by atoms with Gasteiger partial charge in [0.2, 0.25) is 5.91 Å². The van der Waals surface area contributed by atoms with Crippen molar-refractivity contribution in [1.29, 1.82) is 0 Å². The summed E-state index contributed by atoms with van der Waals surface area (Å²) in [6.07, 6.45) is 6.71. The van der Waals surface area contributed by atoms with E-state index in [-0.39, 0.29) is 12.5 Å². The van der Waals surface area contributed by atoms with Crippen LogP contribution in [-0.4, -0.2) is 36.7 Å². The molecule has 2 N–H and O–H groups in total. The van der Waals surface area contributed by atoms with Gasteiger partial charge in [0.25, 0.3) is 0 Å². The Morgan fingerprint density at radius 1 is 1.28 bits per heavy atom. The van der Waals surface area contributed by atoms with Crippen molar-refractivity contribution in [3.63, 3.8) is 0 Å². The van der Waals surface area contributed by atoms with Crippen LogP contribution < -0.4 is 5.32 Å². The highest BCUT2D eigenvalue weighted by Crippen LogP contribution is 2.25. The van der Waals surface area contributed by atoms with Crippen molar-refractivity contribution in [3.8, 4) is 0 Å². The minimum atomic E-state index is -1.05. The highest BCUT2D eigenvalue weighted by Gasteiger charge is 2.19. The molecule has 104 valence electrons. The Bertz CT molecular complexity index is 272. The fraction of sp³-hybridized carbons (Fsp3) is 0.846. The smallest absolute Gasteiger partial charge is 0.334 e. The Morgan fingerprint density at radius 3 is 2.39 bits per heavy atom. The minimum Gasteiger partial charge on any atom is -0.479 e. The van der Waals surface area contributed by atoms with Crippen LogP contribution in [0.2, 0.25) is 0 Å². The molecule has 1 aliphatic carbocycles. The first kappa shape index (κ1) is 15.0. The number of rotatable bonds is 6. The quantitative estimate of drug-likeness (QED) is 0.708. The SMILES string of the molecule is COC(CNC(=O)CC1CCCCCC1)C(=O)O. The molecule has 5 nitrogen and oxygen atoms in total. The molecule has 1 amide bonds. The predicted octanol–water partition coefficient (Wildman–Crippen LogP) is 1.56. The minimum absolute atomic E-state index is 0.0391. The van der Waals surface area contributed by atoms with Crippen molar-refractivity contribution in [1.82, 2.24) is 5.32 Å². The van der Waals surface area contributed by atoms with Gasteiger partial charge in [0.1, 0.15) is 0 Å².